The molecule has 0 aliphatic heterocycles. The Kier molecular flexibility index (Phi) is 4.07. The smallest absolute Gasteiger partial charge is 0.347 e. The highest BCUT2D eigenvalue weighted by atomic mass is 16.6. The molecular formula is C14H18O4. The molecule has 0 radical (unpaired) electrons. The van der Waals surface area contributed by atoms with Crippen molar-refractivity contribution in [3.63, 3.8) is 0 Å². The maximum absolute atomic E-state index is 11.6. The summed E-state index contributed by atoms with van der Waals surface area (Å²) in [7, 11) is 1.39. The lowest BCUT2D eigenvalue weighted by molar-refractivity contribution is -0.149. The van der Waals surface area contributed by atoms with Gasteiger partial charge < -0.3 is 14.2 Å². The van der Waals surface area contributed by atoms with Crippen LogP contribution in [0.15, 0.2) is 24.3 Å². The molecule has 1 aliphatic rings. The number of methoxy groups -OCH3 is 1. The molecule has 4 nitrogen and oxygen atoms in total. The van der Waals surface area contributed by atoms with E-state index in [0.717, 1.165) is 18.6 Å². The third-order valence-electron chi connectivity index (χ3n) is 2.86. The monoisotopic (exact) mass is 250 g/mol. The Morgan fingerprint density at radius 2 is 2.11 bits per heavy atom. The van der Waals surface area contributed by atoms with Crippen LogP contribution in [0.3, 0.4) is 0 Å². The van der Waals surface area contributed by atoms with Crippen LogP contribution in [0, 0.1) is 5.92 Å². The highest BCUT2D eigenvalue weighted by Gasteiger charge is 2.39. The summed E-state index contributed by atoms with van der Waals surface area (Å²) in [5.41, 5.74) is 0. The number of hydrogen-bond acceptors (Lipinski definition) is 4. The van der Waals surface area contributed by atoms with E-state index in [0.29, 0.717) is 12.4 Å². The predicted molar refractivity (Wildman–Crippen MR) is 66.8 cm³/mol. The van der Waals surface area contributed by atoms with Gasteiger partial charge in [-0.05, 0) is 31.9 Å². The quantitative estimate of drug-likeness (QED) is 0.727. The Morgan fingerprint density at radius 1 is 1.39 bits per heavy atom. The van der Waals surface area contributed by atoms with Crippen LogP contribution < -0.4 is 9.47 Å². The Labute approximate surface area is 107 Å². The molecule has 4 heteroatoms. The molecule has 1 saturated carbocycles. The minimum Gasteiger partial charge on any atom is -0.494 e. The molecule has 0 N–H and O–H groups in total. The summed E-state index contributed by atoms with van der Waals surface area (Å²) < 4.78 is 15.9. The molecule has 1 aliphatic carbocycles. The third-order valence-corrected chi connectivity index (χ3v) is 2.86. The zero-order valence-corrected chi connectivity index (χ0v) is 10.7. The summed E-state index contributed by atoms with van der Waals surface area (Å²) in [4.78, 5) is 11.6. The molecule has 0 aromatic heterocycles. The van der Waals surface area contributed by atoms with Gasteiger partial charge in [-0.1, -0.05) is 6.07 Å². The van der Waals surface area contributed by atoms with Crippen LogP contribution in [-0.4, -0.2) is 25.8 Å². The number of carbonyl (C=O) groups is 1. The van der Waals surface area contributed by atoms with Crippen LogP contribution >= 0.6 is 0 Å². The lowest BCUT2D eigenvalue weighted by Crippen LogP contribution is -2.30. The Balaban J connectivity index is 2.06. The summed E-state index contributed by atoms with van der Waals surface area (Å²) in [6.07, 6.45) is 1.54. The van der Waals surface area contributed by atoms with Gasteiger partial charge in [0.25, 0.3) is 0 Å². The van der Waals surface area contributed by atoms with Gasteiger partial charge in [-0.15, -0.1) is 0 Å². The average molecular weight is 250 g/mol. The maximum Gasteiger partial charge on any atom is 0.347 e. The van der Waals surface area contributed by atoms with E-state index in [4.69, 9.17) is 14.2 Å². The van der Waals surface area contributed by atoms with Crippen LogP contribution in [0.4, 0.5) is 0 Å². The fraction of sp³-hybridized carbons (Fsp3) is 0.500. The normalized spacial score (nSPS) is 15.9. The van der Waals surface area contributed by atoms with Crippen molar-refractivity contribution in [1.82, 2.24) is 0 Å². The van der Waals surface area contributed by atoms with Crippen molar-refractivity contribution in [3.8, 4) is 11.5 Å². The van der Waals surface area contributed by atoms with Crippen molar-refractivity contribution in [3.05, 3.63) is 24.3 Å². The van der Waals surface area contributed by atoms with Gasteiger partial charge in [0.15, 0.2) is 6.10 Å². The first-order valence-electron chi connectivity index (χ1n) is 6.22. The topological polar surface area (TPSA) is 44.8 Å². The van der Waals surface area contributed by atoms with Crippen molar-refractivity contribution in [2.45, 2.75) is 25.9 Å². The van der Waals surface area contributed by atoms with E-state index in [-0.39, 0.29) is 11.9 Å². The average Bonchev–Trinajstić information content (AvgIpc) is 3.20. The van der Waals surface area contributed by atoms with E-state index in [9.17, 15) is 4.79 Å². The van der Waals surface area contributed by atoms with Crippen molar-refractivity contribution in [1.29, 1.82) is 0 Å². The number of hydrogen-bond donors (Lipinski definition) is 0. The summed E-state index contributed by atoms with van der Waals surface area (Å²) in [6, 6.07) is 7.32. The van der Waals surface area contributed by atoms with Gasteiger partial charge in [0, 0.05) is 12.0 Å². The molecule has 1 aromatic carbocycles. The van der Waals surface area contributed by atoms with Crippen LogP contribution in [0.1, 0.15) is 19.8 Å². The summed E-state index contributed by atoms with van der Waals surface area (Å²) in [5.74, 6) is 1.37. The second-order valence-electron chi connectivity index (χ2n) is 4.31. The molecule has 0 bridgehead atoms. The standard InChI is InChI=1S/C14H18O4/c1-3-17-11-5-4-6-12(9-11)18-13(10-7-8-10)14(15)16-2/h4-6,9-10,13H,3,7-8H2,1-2H3. The molecular weight excluding hydrogens is 232 g/mol. The summed E-state index contributed by atoms with van der Waals surface area (Å²) in [5, 5.41) is 0. The first-order chi connectivity index (χ1) is 8.74. The zero-order chi connectivity index (χ0) is 13.0. The summed E-state index contributed by atoms with van der Waals surface area (Å²) in [6.45, 7) is 2.53. The first kappa shape index (κ1) is 12.7. The number of rotatable bonds is 6. The molecule has 0 saturated heterocycles. The van der Waals surface area contributed by atoms with Crippen LogP contribution in [0.25, 0.3) is 0 Å². The number of benzene rings is 1. The minimum atomic E-state index is -0.494. The molecule has 1 unspecified atom stereocenters. The van der Waals surface area contributed by atoms with Crippen LogP contribution in [-0.2, 0) is 9.53 Å². The van der Waals surface area contributed by atoms with Gasteiger partial charge in [0.05, 0.1) is 13.7 Å². The largest absolute Gasteiger partial charge is 0.494 e. The molecule has 1 aromatic rings. The van der Waals surface area contributed by atoms with E-state index in [1.165, 1.54) is 7.11 Å². The number of ether oxygens (including phenoxy) is 3. The molecule has 18 heavy (non-hydrogen) atoms. The lowest BCUT2D eigenvalue weighted by Gasteiger charge is -2.16. The van der Waals surface area contributed by atoms with Crippen molar-refractivity contribution in [2.24, 2.45) is 5.92 Å². The fourth-order valence-electron chi connectivity index (χ4n) is 1.80. The number of carbonyl (C=O) groups excluding carboxylic acids is 1. The second kappa shape index (κ2) is 5.76. The molecule has 1 fully saturated rings. The first-order valence-corrected chi connectivity index (χ1v) is 6.22. The Hall–Kier alpha value is -1.71. The van der Waals surface area contributed by atoms with Gasteiger partial charge in [-0.2, -0.15) is 0 Å². The molecule has 2 rings (SSSR count). The minimum absolute atomic E-state index is 0.285. The number of esters is 1. The van der Waals surface area contributed by atoms with E-state index >= 15 is 0 Å². The maximum atomic E-state index is 11.6. The van der Waals surface area contributed by atoms with Gasteiger partial charge in [-0.3, -0.25) is 0 Å². The van der Waals surface area contributed by atoms with Gasteiger partial charge in [0.1, 0.15) is 11.5 Å². The van der Waals surface area contributed by atoms with Crippen molar-refractivity contribution in [2.75, 3.05) is 13.7 Å². The molecule has 1 atom stereocenters. The summed E-state index contributed by atoms with van der Waals surface area (Å²) >= 11 is 0. The highest BCUT2D eigenvalue weighted by Crippen LogP contribution is 2.36. The zero-order valence-electron chi connectivity index (χ0n) is 10.7. The molecule has 0 amide bonds. The molecule has 0 spiro atoms. The Morgan fingerprint density at radius 3 is 2.72 bits per heavy atom. The van der Waals surface area contributed by atoms with E-state index in [1.807, 2.05) is 25.1 Å². The molecule has 98 valence electrons. The van der Waals surface area contributed by atoms with Crippen molar-refractivity contribution >= 4 is 5.97 Å². The van der Waals surface area contributed by atoms with E-state index in [1.54, 1.807) is 6.07 Å². The van der Waals surface area contributed by atoms with Gasteiger partial charge in [0.2, 0.25) is 0 Å². The predicted octanol–water partition coefficient (Wildman–Crippen LogP) is 2.42. The van der Waals surface area contributed by atoms with Crippen molar-refractivity contribution < 1.29 is 19.0 Å². The van der Waals surface area contributed by atoms with Gasteiger partial charge >= 0.3 is 5.97 Å². The van der Waals surface area contributed by atoms with Crippen LogP contribution in [0.2, 0.25) is 0 Å². The SMILES string of the molecule is CCOc1cccc(OC(C(=O)OC)C2CC2)c1. The fourth-order valence-corrected chi connectivity index (χ4v) is 1.80. The Bertz CT molecular complexity index is 412. The molecule has 0 heterocycles. The lowest BCUT2D eigenvalue weighted by atomic mass is 10.2. The van der Waals surface area contributed by atoms with E-state index < -0.39 is 6.10 Å². The van der Waals surface area contributed by atoms with Gasteiger partial charge in [-0.25, -0.2) is 4.79 Å². The highest BCUT2D eigenvalue weighted by molar-refractivity contribution is 5.75. The van der Waals surface area contributed by atoms with E-state index in [2.05, 4.69) is 0 Å². The second-order valence-corrected chi connectivity index (χ2v) is 4.31. The van der Waals surface area contributed by atoms with Crippen LogP contribution in [0.5, 0.6) is 11.5 Å². The third kappa shape index (κ3) is 3.15.